The largest absolute Gasteiger partial charge is 0.497 e. The number of aryl methyl sites for hydroxylation is 1. The van der Waals surface area contributed by atoms with Crippen molar-refractivity contribution in [1.29, 1.82) is 0 Å². The van der Waals surface area contributed by atoms with Gasteiger partial charge in [-0.1, -0.05) is 25.7 Å². The van der Waals surface area contributed by atoms with Crippen LogP contribution in [-0.2, 0) is 12.1 Å². The highest BCUT2D eigenvalue weighted by Crippen LogP contribution is 2.35. The van der Waals surface area contributed by atoms with Crippen molar-refractivity contribution in [3.05, 3.63) is 24.0 Å². The highest BCUT2D eigenvalue weighted by atomic mass is 16.5. The number of nitrogens with zero attached hydrogens (tertiary/aromatic N) is 2. The lowest BCUT2D eigenvalue weighted by Gasteiger charge is -2.28. The van der Waals surface area contributed by atoms with Crippen molar-refractivity contribution in [3.63, 3.8) is 0 Å². The number of benzene rings is 1. The zero-order valence-electron chi connectivity index (χ0n) is 13.1. The summed E-state index contributed by atoms with van der Waals surface area (Å²) in [5.41, 5.74) is 8.64. The molecule has 0 radical (unpaired) electrons. The Morgan fingerprint density at radius 1 is 1.24 bits per heavy atom. The fourth-order valence-electron chi connectivity index (χ4n) is 3.52. The van der Waals surface area contributed by atoms with Crippen molar-refractivity contribution in [1.82, 2.24) is 9.55 Å². The number of nitrogens with two attached hydrogens (primary N) is 1. The van der Waals surface area contributed by atoms with Gasteiger partial charge in [-0.2, -0.15) is 0 Å². The molecule has 4 heteroatoms. The SMILES string of the molecule is CCn1c(C2(N)CCCCCC2)nc2cc(OC)ccc21. The van der Waals surface area contributed by atoms with Gasteiger partial charge in [0.2, 0.25) is 0 Å². The van der Waals surface area contributed by atoms with Crippen molar-refractivity contribution < 1.29 is 4.74 Å². The summed E-state index contributed by atoms with van der Waals surface area (Å²) in [6.45, 7) is 3.06. The second-order valence-corrected chi connectivity index (χ2v) is 6.10. The van der Waals surface area contributed by atoms with Crippen LogP contribution in [0.25, 0.3) is 11.0 Å². The Labute approximate surface area is 126 Å². The first-order chi connectivity index (χ1) is 10.2. The van der Waals surface area contributed by atoms with Gasteiger partial charge in [0.15, 0.2) is 0 Å². The Kier molecular flexibility index (Phi) is 3.89. The Hall–Kier alpha value is -1.55. The summed E-state index contributed by atoms with van der Waals surface area (Å²) in [4.78, 5) is 4.89. The molecule has 1 saturated carbocycles. The summed E-state index contributed by atoms with van der Waals surface area (Å²) >= 11 is 0. The van der Waals surface area contributed by atoms with E-state index < -0.39 is 0 Å². The van der Waals surface area contributed by atoms with Crippen LogP contribution in [0.1, 0.15) is 51.3 Å². The molecule has 0 aliphatic heterocycles. The number of methoxy groups -OCH3 is 1. The Bertz CT molecular complexity index is 624. The predicted octanol–water partition coefficient (Wildman–Crippen LogP) is 3.57. The molecule has 0 amide bonds. The molecule has 21 heavy (non-hydrogen) atoms. The van der Waals surface area contributed by atoms with Gasteiger partial charge in [-0.3, -0.25) is 0 Å². The van der Waals surface area contributed by atoms with E-state index in [4.69, 9.17) is 15.5 Å². The highest BCUT2D eigenvalue weighted by Gasteiger charge is 2.33. The third-order valence-corrected chi connectivity index (χ3v) is 4.71. The molecule has 1 aliphatic rings. The van der Waals surface area contributed by atoms with Gasteiger partial charge in [-0.05, 0) is 31.9 Å². The molecule has 0 unspecified atom stereocenters. The Balaban J connectivity index is 2.12. The second-order valence-electron chi connectivity index (χ2n) is 6.10. The van der Waals surface area contributed by atoms with E-state index in [0.717, 1.165) is 42.0 Å². The number of imidazole rings is 1. The Morgan fingerprint density at radius 3 is 2.57 bits per heavy atom. The van der Waals surface area contributed by atoms with Gasteiger partial charge in [0.1, 0.15) is 11.6 Å². The van der Waals surface area contributed by atoms with Crippen molar-refractivity contribution in [2.24, 2.45) is 5.73 Å². The van der Waals surface area contributed by atoms with E-state index in [0.29, 0.717) is 0 Å². The van der Waals surface area contributed by atoms with Crippen LogP contribution in [0.4, 0.5) is 0 Å². The third-order valence-electron chi connectivity index (χ3n) is 4.71. The molecule has 114 valence electrons. The quantitative estimate of drug-likeness (QED) is 0.878. The van der Waals surface area contributed by atoms with Crippen LogP contribution in [0.3, 0.4) is 0 Å². The van der Waals surface area contributed by atoms with Gasteiger partial charge in [-0.25, -0.2) is 4.98 Å². The van der Waals surface area contributed by atoms with Crippen LogP contribution in [-0.4, -0.2) is 16.7 Å². The first-order valence-corrected chi connectivity index (χ1v) is 8.01. The van der Waals surface area contributed by atoms with E-state index in [-0.39, 0.29) is 5.54 Å². The lowest BCUT2D eigenvalue weighted by molar-refractivity contribution is 0.350. The Morgan fingerprint density at radius 2 is 1.95 bits per heavy atom. The number of rotatable bonds is 3. The van der Waals surface area contributed by atoms with Crippen LogP contribution >= 0.6 is 0 Å². The first-order valence-electron chi connectivity index (χ1n) is 8.01. The van der Waals surface area contributed by atoms with Crippen molar-refractivity contribution >= 4 is 11.0 Å². The van der Waals surface area contributed by atoms with E-state index in [1.807, 2.05) is 12.1 Å². The third kappa shape index (κ3) is 2.53. The number of hydrogen-bond donors (Lipinski definition) is 1. The van der Waals surface area contributed by atoms with Crippen molar-refractivity contribution in [2.75, 3.05) is 7.11 Å². The average Bonchev–Trinajstić information content (AvgIpc) is 2.74. The number of ether oxygens (including phenoxy) is 1. The molecule has 1 aromatic carbocycles. The smallest absolute Gasteiger partial charge is 0.130 e. The molecule has 0 bridgehead atoms. The van der Waals surface area contributed by atoms with Crippen LogP contribution in [0, 0.1) is 0 Å². The molecule has 1 aliphatic carbocycles. The van der Waals surface area contributed by atoms with Gasteiger partial charge in [0, 0.05) is 12.6 Å². The molecular weight excluding hydrogens is 262 g/mol. The van der Waals surface area contributed by atoms with Gasteiger partial charge < -0.3 is 15.0 Å². The molecule has 3 rings (SSSR count). The topological polar surface area (TPSA) is 53.1 Å². The van der Waals surface area contributed by atoms with E-state index in [2.05, 4.69) is 17.6 Å². The zero-order chi connectivity index (χ0) is 14.9. The van der Waals surface area contributed by atoms with Gasteiger partial charge >= 0.3 is 0 Å². The summed E-state index contributed by atoms with van der Waals surface area (Å²) in [5.74, 6) is 1.90. The highest BCUT2D eigenvalue weighted by molar-refractivity contribution is 5.78. The minimum absolute atomic E-state index is 0.279. The van der Waals surface area contributed by atoms with E-state index >= 15 is 0 Å². The monoisotopic (exact) mass is 287 g/mol. The van der Waals surface area contributed by atoms with Gasteiger partial charge in [0.25, 0.3) is 0 Å². The number of aromatic nitrogens is 2. The molecule has 0 spiro atoms. The van der Waals surface area contributed by atoms with Crippen molar-refractivity contribution in [2.45, 2.75) is 57.5 Å². The molecule has 1 fully saturated rings. The summed E-state index contributed by atoms with van der Waals surface area (Å²) in [7, 11) is 1.69. The molecular formula is C17H25N3O. The molecule has 0 saturated heterocycles. The summed E-state index contributed by atoms with van der Waals surface area (Å²) in [6, 6.07) is 6.09. The zero-order valence-corrected chi connectivity index (χ0v) is 13.1. The van der Waals surface area contributed by atoms with Crippen LogP contribution in [0.5, 0.6) is 5.75 Å². The summed E-state index contributed by atoms with van der Waals surface area (Å²) in [6.07, 6.45) is 7.05. The van der Waals surface area contributed by atoms with Crippen LogP contribution in [0.2, 0.25) is 0 Å². The maximum atomic E-state index is 6.78. The molecule has 1 aromatic heterocycles. The lowest BCUT2D eigenvalue weighted by atomic mass is 9.90. The minimum Gasteiger partial charge on any atom is -0.497 e. The van der Waals surface area contributed by atoms with Crippen LogP contribution < -0.4 is 10.5 Å². The molecule has 2 aromatic rings. The number of fused-ring (bicyclic) bond motifs is 1. The van der Waals surface area contributed by atoms with E-state index in [1.165, 1.54) is 25.7 Å². The second kappa shape index (κ2) is 5.68. The maximum absolute atomic E-state index is 6.78. The number of hydrogen-bond acceptors (Lipinski definition) is 3. The van der Waals surface area contributed by atoms with Crippen molar-refractivity contribution in [3.8, 4) is 5.75 Å². The molecule has 0 atom stereocenters. The minimum atomic E-state index is -0.279. The average molecular weight is 287 g/mol. The van der Waals surface area contributed by atoms with E-state index in [1.54, 1.807) is 7.11 Å². The van der Waals surface area contributed by atoms with Gasteiger partial charge in [-0.15, -0.1) is 0 Å². The normalized spacial score (nSPS) is 18.6. The van der Waals surface area contributed by atoms with Crippen LogP contribution in [0.15, 0.2) is 18.2 Å². The molecule has 2 N–H and O–H groups in total. The summed E-state index contributed by atoms with van der Waals surface area (Å²) in [5, 5.41) is 0. The maximum Gasteiger partial charge on any atom is 0.130 e. The summed E-state index contributed by atoms with van der Waals surface area (Å²) < 4.78 is 7.59. The standard InChI is InChI=1S/C17H25N3O/c1-3-20-15-9-8-13(21-2)12-14(15)19-16(20)17(18)10-6-4-5-7-11-17/h8-9,12H,3-7,10-11,18H2,1-2H3. The molecule has 4 nitrogen and oxygen atoms in total. The fourth-order valence-corrected chi connectivity index (χ4v) is 3.52. The predicted molar refractivity (Wildman–Crippen MR) is 85.5 cm³/mol. The first kappa shape index (κ1) is 14.4. The fraction of sp³-hybridized carbons (Fsp3) is 0.588. The van der Waals surface area contributed by atoms with Gasteiger partial charge in [0.05, 0.1) is 23.7 Å². The molecule has 1 heterocycles. The van der Waals surface area contributed by atoms with E-state index in [9.17, 15) is 0 Å². The lowest BCUT2D eigenvalue weighted by Crippen LogP contribution is -2.39.